The molecule has 2 aromatic rings. The van der Waals surface area contributed by atoms with E-state index in [1.807, 2.05) is 0 Å². The molecule has 3 nitrogen and oxygen atoms in total. The first-order valence-electron chi connectivity index (χ1n) is 11.5. The highest BCUT2D eigenvalue weighted by atomic mass is 16.3. The monoisotopic (exact) mass is 392 g/mol. The third kappa shape index (κ3) is 5.69. The summed E-state index contributed by atoms with van der Waals surface area (Å²) in [6, 6.07) is 20.3. The van der Waals surface area contributed by atoms with E-state index in [4.69, 9.17) is 0 Å². The molecule has 1 saturated heterocycles. The number of piperazine rings is 1. The summed E-state index contributed by atoms with van der Waals surface area (Å²) in [4.78, 5) is 2.59. The van der Waals surface area contributed by atoms with Gasteiger partial charge in [0.1, 0.15) is 0 Å². The fourth-order valence-corrected chi connectivity index (χ4v) is 5.07. The van der Waals surface area contributed by atoms with E-state index in [2.05, 4.69) is 64.8 Å². The minimum Gasteiger partial charge on any atom is -0.390 e. The first-order valence-corrected chi connectivity index (χ1v) is 11.5. The van der Waals surface area contributed by atoms with Gasteiger partial charge in [-0.1, -0.05) is 73.9 Å². The van der Waals surface area contributed by atoms with Gasteiger partial charge in [0, 0.05) is 32.2 Å². The molecular weight excluding hydrogens is 356 g/mol. The fraction of sp³-hybridized carbons (Fsp3) is 0.538. The van der Waals surface area contributed by atoms with Gasteiger partial charge in [-0.2, -0.15) is 0 Å². The van der Waals surface area contributed by atoms with E-state index in [1.54, 1.807) is 0 Å². The fourth-order valence-electron chi connectivity index (χ4n) is 5.07. The lowest BCUT2D eigenvalue weighted by Crippen LogP contribution is -2.47. The molecule has 0 bridgehead atoms. The maximum atomic E-state index is 11.3. The molecule has 0 radical (unpaired) electrons. The summed E-state index contributed by atoms with van der Waals surface area (Å²) in [5.41, 5.74) is 3.68. The largest absolute Gasteiger partial charge is 0.390 e. The number of nitrogens with one attached hydrogen (secondary N) is 1. The van der Waals surface area contributed by atoms with Crippen LogP contribution in [0.2, 0.25) is 0 Å². The number of aliphatic hydroxyl groups is 1. The van der Waals surface area contributed by atoms with Crippen LogP contribution in [-0.2, 0) is 12.8 Å². The van der Waals surface area contributed by atoms with Gasteiger partial charge >= 0.3 is 0 Å². The Labute approximate surface area is 176 Å². The summed E-state index contributed by atoms with van der Waals surface area (Å²) in [7, 11) is 0. The van der Waals surface area contributed by atoms with Crippen LogP contribution in [0.5, 0.6) is 0 Å². The van der Waals surface area contributed by atoms with Gasteiger partial charge in [-0.15, -0.1) is 0 Å². The van der Waals surface area contributed by atoms with E-state index < -0.39 is 5.60 Å². The van der Waals surface area contributed by atoms with Crippen molar-refractivity contribution in [1.82, 2.24) is 10.2 Å². The molecule has 0 spiro atoms. The lowest BCUT2D eigenvalue weighted by molar-refractivity contribution is -0.0296. The highest BCUT2D eigenvalue weighted by Gasteiger charge is 2.35. The van der Waals surface area contributed by atoms with Gasteiger partial charge in [0.05, 0.1) is 5.60 Å². The third-order valence-electron chi connectivity index (χ3n) is 6.86. The first-order chi connectivity index (χ1) is 14.2. The van der Waals surface area contributed by atoms with E-state index in [0.29, 0.717) is 6.04 Å². The Morgan fingerprint density at radius 2 is 1.45 bits per heavy atom. The molecule has 1 aliphatic heterocycles. The Kier molecular flexibility index (Phi) is 7.02. The summed E-state index contributed by atoms with van der Waals surface area (Å²) in [6.07, 6.45) is 8.57. The molecule has 3 heteroatoms. The third-order valence-corrected chi connectivity index (χ3v) is 6.86. The van der Waals surface area contributed by atoms with Gasteiger partial charge in [-0.3, -0.25) is 4.90 Å². The Morgan fingerprint density at radius 1 is 0.828 bits per heavy atom. The molecule has 1 atom stereocenters. The zero-order valence-corrected chi connectivity index (χ0v) is 17.7. The van der Waals surface area contributed by atoms with E-state index in [0.717, 1.165) is 58.3 Å². The van der Waals surface area contributed by atoms with Crippen LogP contribution < -0.4 is 5.32 Å². The standard InChI is InChI=1S/C26H36N2O/c29-26(15-5-2-6-16-26)21-25(28-19-17-27-18-20-28)24-13-11-23(12-14-24)10-9-22-7-3-1-4-8-22/h1,3-4,7-8,11-14,25,27,29H,2,5-6,9-10,15-21H2. The van der Waals surface area contributed by atoms with Crippen LogP contribution in [0, 0.1) is 0 Å². The molecular formula is C26H36N2O. The van der Waals surface area contributed by atoms with E-state index in [9.17, 15) is 5.11 Å². The number of rotatable bonds is 7. The maximum Gasteiger partial charge on any atom is 0.0666 e. The molecule has 0 aromatic heterocycles. The molecule has 0 amide bonds. The molecule has 29 heavy (non-hydrogen) atoms. The predicted molar refractivity (Wildman–Crippen MR) is 120 cm³/mol. The van der Waals surface area contributed by atoms with Crippen LogP contribution in [0.3, 0.4) is 0 Å². The van der Waals surface area contributed by atoms with Crippen molar-refractivity contribution >= 4 is 0 Å². The van der Waals surface area contributed by atoms with Gasteiger partial charge in [0.25, 0.3) is 0 Å². The molecule has 1 saturated carbocycles. The number of aryl methyl sites for hydroxylation is 2. The van der Waals surface area contributed by atoms with Gasteiger partial charge in [-0.05, 0) is 48.8 Å². The molecule has 156 valence electrons. The van der Waals surface area contributed by atoms with E-state index in [-0.39, 0.29) is 0 Å². The lowest BCUT2D eigenvalue weighted by atomic mass is 9.78. The average Bonchev–Trinajstić information content (AvgIpc) is 2.78. The molecule has 2 N–H and O–H groups in total. The second-order valence-corrected chi connectivity index (χ2v) is 9.02. The van der Waals surface area contributed by atoms with Crippen LogP contribution in [0.4, 0.5) is 0 Å². The highest BCUT2D eigenvalue weighted by molar-refractivity contribution is 5.27. The first kappa shape index (κ1) is 20.6. The minimum atomic E-state index is -0.486. The minimum absolute atomic E-state index is 0.323. The molecule has 1 unspecified atom stereocenters. The van der Waals surface area contributed by atoms with Crippen molar-refractivity contribution in [3.05, 3.63) is 71.3 Å². The van der Waals surface area contributed by atoms with E-state index >= 15 is 0 Å². The van der Waals surface area contributed by atoms with E-state index in [1.165, 1.54) is 36.0 Å². The Balaban J connectivity index is 1.46. The summed E-state index contributed by atoms with van der Waals surface area (Å²) in [5, 5.41) is 14.7. The topological polar surface area (TPSA) is 35.5 Å². The smallest absolute Gasteiger partial charge is 0.0666 e. The molecule has 1 aliphatic carbocycles. The van der Waals surface area contributed by atoms with Gasteiger partial charge in [-0.25, -0.2) is 0 Å². The van der Waals surface area contributed by atoms with Gasteiger partial charge < -0.3 is 10.4 Å². The summed E-state index contributed by atoms with van der Waals surface area (Å²) < 4.78 is 0. The van der Waals surface area contributed by atoms with Crippen LogP contribution in [0.15, 0.2) is 54.6 Å². The Hall–Kier alpha value is -1.68. The summed E-state index contributed by atoms with van der Waals surface area (Å²) in [6.45, 7) is 4.22. The SMILES string of the molecule is OC1(CC(c2ccc(CCc3ccccc3)cc2)N2CCNCC2)CCCCC1. The average molecular weight is 393 g/mol. The normalized spacial score (nSPS) is 21.0. The van der Waals surface area contributed by atoms with Crippen LogP contribution in [0.1, 0.15) is 61.3 Å². The highest BCUT2D eigenvalue weighted by Crippen LogP contribution is 2.38. The molecule has 2 aliphatic rings. The maximum absolute atomic E-state index is 11.3. The van der Waals surface area contributed by atoms with Crippen molar-refractivity contribution in [3.8, 4) is 0 Å². The number of nitrogens with zero attached hydrogens (tertiary/aromatic N) is 1. The van der Waals surface area contributed by atoms with Crippen LogP contribution in [-0.4, -0.2) is 41.8 Å². The van der Waals surface area contributed by atoms with Crippen molar-refractivity contribution in [1.29, 1.82) is 0 Å². The van der Waals surface area contributed by atoms with Gasteiger partial charge in [0.2, 0.25) is 0 Å². The second kappa shape index (κ2) is 9.88. The number of hydrogen-bond donors (Lipinski definition) is 2. The molecule has 4 rings (SSSR count). The Bertz CT molecular complexity index is 731. The van der Waals surface area contributed by atoms with Crippen LogP contribution >= 0.6 is 0 Å². The van der Waals surface area contributed by atoms with Gasteiger partial charge in [0.15, 0.2) is 0 Å². The lowest BCUT2D eigenvalue weighted by Gasteiger charge is -2.41. The predicted octanol–water partition coefficient (Wildman–Crippen LogP) is 4.50. The Morgan fingerprint density at radius 3 is 2.10 bits per heavy atom. The summed E-state index contributed by atoms with van der Waals surface area (Å²) in [5.74, 6) is 0. The van der Waals surface area contributed by atoms with Crippen molar-refractivity contribution < 1.29 is 5.11 Å². The van der Waals surface area contributed by atoms with Crippen molar-refractivity contribution in [2.45, 2.75) is 63.0 Å². The zero-order valence-electron chi connectivity index (χ0n) is 17.7. The number of benzene rings is 2. The molecule has 2 fully saturated rings. The molecule has 2 aromatic carbocycles. The van der Waals surface area contributed by atoms with Crippen LogP contribution in [0.25, 0.3) is 0 Å². The second-order valence-electron chi connectivity index (χ2n) is 9.02. The van der Waals surface area contributed by atoms with Crippen molar-refractivity contribution in [3.63, 3.8) is 0 Å². The zero-order chi connectivity index (χ0) is 19.9. The van der Waals surface area contributed by atoms with Crippen molar-refractivity contribution in [2.24, 2.45) is 0 Å². The number of hydrogen-bond acceptors (Lipinski definition) is 3. The summed E-state index contributed by atoms with van der Waals surface area (Å²) >= 11 is 0. The quantitative estimate of drug-likeness (QED) is 0.728. The molecule has 1 heterocycles. The van der Waals surface area contributed by atoms with Crippen molar-refractivity contribution in [2.75, 3.05) is 26.2 Å².